The van der Waals surface area contributed by atoms with Crippen LogP contribution in [0.15, 0.2) is 18.2 Å². The van der Waals surface area contributed by atoms with Gasteiger partial charge >= 0.3 is 0 Å². The number of carbonyl (C=O) groups is 2. The summed E-state index contributed by atoms with van der Waals surface area (Å²) < 4.78 is 3.14. The van der Waals surface area contributed by atoms with Gasteiger partial charge in [-0.05, 0) is 12.1 Å². The molecule has 1 heterocycles. The smallest absolute Gasteiger partial charge is 0.276 e. The summed E-state index contributed by atoms with van der Waals surface area (Å²) in [5.74, 6) is -0.565. The number of benzene rings is 1. The van der Waals surface area contributed by atoms with E-state index in [1.807, 2.05) is 0 Å². The number of nitrogens with one attached hydrogen (secondary N) is 2. The predicted molar refractivity (Wildman–Crippen MR) is 69.5 cm³/mol. The summed E-state index contributed by atoms with van der Waals surface area (Å²) >= 11 is 16.3. The number of hydrogen-bond acceptors (Lipinski definition) is 3. The van der Waals surface area contributed by atoms with Gasteiger partial charge in [0.25, 0.3) is 15.6 Å². The summed E-state index contributed by atoms with van der Waals surface area (Å²) in [5.41, 5.74) is 0.930. The number of anilines is 2. The van der Waals surface area contributed by atoms with E-state index in [1.165, 1.54) is 6.07 Å². The molecule has 1 aromatic carbocycles. The third-order valence-corrected chi connectivity index (χ3v) is 2.64. The SMILES string of the molecule is O=C1COc2cc(NC(=O)C(Cl)(Cl)Cl)ccc2N1. The zero-order chi connectivity index (χ0) is 13.3. The minimum atomic E-state index is -2.04. The monoisotopic (exact) mass is 308 g/mol. The number of fused-ring (bicyclic) bond motifs is 1. The maximum atomic E-state index is 11.4. The van der Waals surface area contributed by atoms with Crippen molar-refractivity contribution < 1.29 is 14.3 Å². The number of amides is 2. The van der Waals surface area contributed by atoms with Crippen LogP contribution in [0, 0.1) is 0 Å². The fraction of sp³-hybridized carbons (Fsp3) is 0.200. The summed E-state index contributed by atoms with van der Waals surface area (Å²) in [4.78, 5) is 22.5. The average Bonchev–Trinajstić information content (AvgIpc) is 2.28. The molecular weight excluding hydrogens is 302 g/mol. The van der Waals surface area contributed by atoms with E-state index in [9.17, 15) is 9.59 Å². The van der Waals surface area contributed by atoms with Crippen LogP contribution in [0.25, 0.3) is 0 Å². The highest BCUT2D eigenvalue weighted by Crippen LogP contribution is 2.32. The molecule has 2 rings (SSSR count). The van der Waals surface area contributed by atoms with E-state index in [0.717, 1.165) is 0 Å². The number of rotatable bonds is 1. The van der Waals surface area contributed by atoms with Gasteiger partial charge in [-0.3, -0.25) is 9.59 Å². The lowest BCUT2D eigenvalue weighted by molar-refractivity contribution is -0.118. The van der Waals surface area contributed by atoms with E-state index < -0.39 is 9.70 Å². The number of alkyl halides is 3. The standard InChI is InChI=1S/C10H7Cl3N2O3/c11-10(12,13)9(17)14-5-1-2-6-7(3-5)18-4-8(16)15-6/h1-3H,4H2,(H,14,17)(H,15,16). The number of ether oxygens (including phenoxy) is 1. The molecule has 96 valence electrons. The number of halogens is 3. The third-order valence-electron chi connectivity index (χ3n) is 2.13. The van der Waals surface area contributed by atoms with Gasteiger partial charge in [0.2, 0.25) is 0 Å². The molecule has 0 radical (unpaired) electrons. The van der Waals surface area contributed by atoms with Crippen LogP contribution >= 0.6 is 34.8 Å². The van der Waals surface area contributed by atoms with E-state index in [2.05, 4.69) is 10.6 Å². The van der Waals surface area contributed by atoms with Gasteiger partial charge in [0, 0.05) is 11.8 Å². The van der Waals surface area contributed by atoms with E-state index >= 15 is 0 Å². The minimum absolute atomic E-state index is 0.0745. The van der Waals surface area contributed by atoms with Crippen LogP contribution in [0.4, 0.5) is 11.4 Å². The van der Waals surface area contributed by atoms with Crippen LogP contribution in [0.2, 0.25) is 0 Å². The molecule has 1 aliphatic heterocycles. The molecule has 0 spiro atoms. The molecular formula is C10H7Cl3N2O3. The highest BCUT2D eigenvalue weighted by Gasteiger charge is 2.30. The second-order valence-corrected chi connectivity index (χ2v) is 5.78. The van der Waals surface area contributed by atoms with Gasteiger partial charge in [-0.15, -0.1) is 0 Å². The predicted octanol–water partition coefficient (Wildman–Crippen LogP) is 2.33. The summed E-state index contributed by atoms with van der Waals surface area (Å²) in [7, 11) is 0. The van der Waals surface area contributed by atoms with Crippen LogP contribution in [-0.2, 0) is 9.59 Å². The Morgan fingerprint density at radius 3 is 2.78 bits per heavy atom. The molecule has 0 unspecified atom stereocenters. The van der Waals surface area contributed by atoms with Crippen molar-refractivity contribution in [2.24, 2.45) is 0 Å². The molecule has 0 aromatic heterocycles. The third kappa shape index (κ3) is 2.98. The van der Waals surface area contributed by atoms with Crippen molar-refractivity contribution in [3.05, 3.63) is 18.2 Å². The van der Waals surface area contributed by atoms with Gasteiger partial charge in [-0.2, -0.15) is 0 Å². The molecule has 5 nitrogen and oxygen atoms in total. The van der Waals surface area contributed by atoms with Crippen molar-refractivity contribution in [1.82, 2.24) is 0 Å². The maximum Gasteiger partial charge on any atom is 0.276 e. The van der Waals surface area contributed by atoms with Crippen molar-refractivity contribution in [3.63, 3.8) is 0 Å². The van der Waals surface area contributed by atoms with Crippen LogP contribution in [-0.4, -0.2) is 22.2 Å². The Labute approximate surface area is 117 Å². The Kier molecular flexibility index (Phi) is 3.56. The molecule has 2 amide bonds. The van der Waals surface area contributed by atoms with Crippen LogP contribution in [0.5, 0.6) is 5.75 Å². The molecule has 1 aliphatic rings. The van der Waals surface area contributed by atoms with Crippen molar-refractivity contribution >= 4 is 58.0 Å². The van der Waals surface area contributed by atoms with Crippen molar-refractivity contribution in [3.8, 4) is 5.75 Å². The lowest BCUT2D eigenvalue weighted by Gasteiger charge is -2.19. The van der Waals surface area contributed by atoms with Crippen molar-refractivity contribution in [1.29, 1.82) is 0 Å². The Bertz CT molecular complexity index is 514. The second kappa shape index (κ2) is 4.84. The Balaban J connectivity index is 2.17. The fourth-order valence-corrected chi connectivity index (χ4v) is 1.50. The molecule has 0 bridgehead atoms. The highest BCUT2D eigenvalue weighted by molar-refractivity contribution is 6.76. The topological polar surface area (TPSA) is 67.4 Å². The molecule has 0 atom stereocenters. The quantitative estimate of drug-likeness (QED) is 0.782. The number of carbonyl (C=O) groups excluding carboxylic acids is 2. The molecule has 2 N–H and O–H groups in total. The maximum absolute atomic E-state index is 11.4. The largest absolute Gasteiger partial charge is 0.482 e. The van der Waals surface area contributed by atoms with E-state index in [-0.39, 0.29) is 12.5 Å². The fourth-order valence-electron chi connectivity index (χ4n) is 1.35. The Morgan fingerprint density at radius 2 is 2.11 bits per heavy atom. The van der Waals surface area contributed by atoms with E-state index in [4.69, 9.17) is 39.5 Å². The highest BCUT2D eigenvalue weighted by atomic mass is 35.6. The van der Waals surface area contributed by atoms with Gasteiger partial charge in [0.15, 0.2) is 6.61 Å². The lowest BCUT2D eigenvalue weighted by atomic mass is 10.2. The minimum Gasteiger partial charge on any atom is -0.482 e. The normalized spacial score (nSPS) is 14.3. The molecule has 0 aliphatic carbocycles. The van der Waals surface area contributed by atoms with Gasteiger partial charge < -0.3 is 15.4 Å². The summed E-state index contributed by atoms with van der Waals surface area (Å²) in [6, 6.07) is 4.67. The summed E-state index contributed by atoms with van der Waals surface area (Å²) in [5, 5.41) is 5.03. The zero-order valence-corrected chi connectivity index (χ0v) is 11.1. The van der Waals surface area contributed by atoms with E-state index in [0.29, 0.717) is 17.1 Å². The Morgan fingerprint density at radius 1 is 1.39 bits per heavy atom. The van der Waals surface area contributed by atoms with Gasteiger partial charge in [-0.25, -0.2) is 0 Å². The van der Waals surface area contributed by atoms with Crippen LogP contribution in [0.1, 0.15) is 0 Å². The summed E-state index contributed by atoms with van der Waals surface area (Å²) in [6.07, 6.45) is 0. The second-order valence-electron chi connectivity index (χ2n) is 3.50. The summed E-state index contributed by atoms with van der Waals surface area (Å²) in [6.45, 7) is -0.0745. The van der Waals surface area contributed by atoms with Gasteiger partial charge in [0.05, 0.1) is 5.69 Å². The molecule has 18 heavy (non-hydrogen) atoms. The average molecular weight is 310 g/mol. The molecule has 0 saturated heterocycles. The molecule has 1 aromatic rings. The molecule has 0 saturated carbocycles. The first-order chi connectivity index (χ1) is 8.36. The molecule has 0 fully saturated rings. The van der Waals surface area contributed by atoms with Gasteiger partial charge in [0.1, 0.15) is 5.75 Å². The van der Waals surface area contributed by atoms with Crippen molar-refractivity contribution in [2.45, 2.75) is 3.79 Å². The van der Waals surface area contributed by atoms with Crippen LogP contribution < -0.4 is 15.4 Å². The Hall–Kier alpha value is -1.17. The first-order valence-electron chi connectivity index (χ1n) is 4.81. The molecule has 8 heteroatoms. The van der Waals surface area contributed by atoms with E-state index in [1.54, 1.807) is 12.1 Å². The first-order valence-corrected chi connectivity index (χ1v) is 5.94. The first kappa shape index (κ1) is 13.3. The van der Waals surface area contributed by atoms with Gasteiger partial charge in [-0.1, -0.05) is 34.8 Å². The lowest BCUT2D eigenvalue weighted by Crippen LogP contribution is -2.28. The van der Waals surface area contributed by atoms with Crippen LogP contribution in [0.3, 0.4) is 0 Å². The number of hydrogen-bond donors (Lipinski definition) is 2. The zero-order valence-electron chi connectivity index (χ0n) is 8.80. The van der Waals surface area contributed by atoms with Crippen molar-refractivity contribution in [2.75, 3.05) is 17.2 Å².